The lowest BCUT2D eigenvalue weighted by Crippen LogP contribution is -2.40. The number of sulfonamides is 1. The minimum absolute atomic E-state index is 0.0616. The first-order valence-electron chi connectivity index (χ1n) is 5.71. The molecule has 1 aliphatic heterocycles. The Hall–Kier alpha value is -0.850. The van der Waals surface area contributed by atoms with Crippen molar-refractivity contribution in [1.29, 1.82) is 5.26 Å². The molecular weight excluding hydrogens is 359 g/mol. The second-order valence-electron chi connectivity index (χ2n) is 4.58. The van der Waals surface area contributed by atoms with Crippen LogP contribution in [0.5, 0.6) is 0 Å². The number of nitriles is 1. The van der Waals surface area contributed by atoms with Gasteiger partial charge in [0.25, 0.3) is 0 Å². The van der Waals surface area contributed by atoms with Gasteiger partial charge >= 0.3 is 0 Å². The van der Waals surface area contributed by atoms with Gasteiger partial charge in [-0.15, -0.1) is 11.6 Å². The van der Waals surface area contributed by atoms with Crippen molar-refractivity contribution in [2.24, 2.45) is 0 Å². The molecule has 1 N–H and O–H groups in total. The molecule has 1 fully saturated rings. The van der Waals surface area contributed by atoms with E-state index in [9.17, 15) is 16.8 Å². The van der Waals surface area contributed by atoms with Gasteiger partial charge in [0.15, 0.2) is 9.84 Å². The topological polar surface area (TPSA) is 104 Å². The summed E-state index contributed by atoms with van der Waals surface area (Å²) in [7, 11) is -7.44. The lowest BCUT2D eigenvalue weighted by Gasteiger charge is -2.15. The largest absolute Gasteiger partial charge is 0.242 e. The average Bonchev–Trinajstić information content (AvgIpc) is 2.61. The Bertz CT molecular complexity index is 815. The molecule has 21 heavy (non-hydrogen) atoms. The van der Waals surface area contributed by atoms with Crippen molar-refractivity contribution in [2.45, 2.75) is 16.3 Å². The van der Waals surface area contributed by atoms with E-state index in [0.717, 1.165) is 6.07 Å². The Balaban J connectivity index is 2.34. The monoisotopic (exact) mass is 368 g/mol. The maximum Gasteiger partial charge on any atom is 0.242 e. The van der Waals surface area contributed by atoms with Crippen LogP contribution in [-0.4, -0.2) is 39.8 Å². The van der Waals surface area contributed by atoms with Crippen molar-refractivity contribution in [1.82, 2.24) is 4.72 Å². The predicted octanol–water partition coefficient (Wildman–Crippen LogP) is 0.894. The zero-order valence-electron chi connectivity index (χ0n) is 10.5. The van der Waals surface area contributed by atoms with Crippen LogP contribution in [0.2, 0.25) is 5.02 Å². The summed E-state index contributed by atoms with van der Waals surface area (Å²) in [5.41, 5.74) is 0.126. The van der Waals surface area contributed by atoms with Gasteiger partial charge in [-0.2, -0.15) is 5.26 Å². The van der Waals surface area contributed by atoms with Crippen LogP contribution in [0.3, 0.4) is 0 Å². The first-order valence-corrected chi connectivity index (χ1v) is 9.83. The third-order valence-electron chi connectivity index (χ3n) is 2.94. The van der Waals surface area contributed by atoms with Gasteiger partial charge < -0.3 is 0 Å². The minimum atomic E-state index is -4.07. The number of hydrogen-bond donors (Lipinski definition) is 1. The quantitative estimate of drug-likeness (QED) is 0.797. The Morgan fingerprint density at radius 3 is 2.52 bits per heavy atom. The van der Waals surface area contributed by atoms with Crippen molar-refractivity contribution < 1.29 is 16.8 Å². The first-order chi connectivity index (χ1) is 9.64. The van der Waals surface area contributed by atoms with Gasteiger partial charge in [-0.25, -0.2) is 21.6 Å². The number of nitrogens with one attached hydrogen (secondary N) is 1. The molecule has 6 nitrogen and oxygen atoms in total. The molecule has 2 unspecified atom stereocenters. The summed E-state index contributed by atoms with van der Waals surface area (Å²) in [6.07, 6.45) is 0. The molecule has 1 heterocycles. The molecule has 10 heteroatoms. The highest BCUT2D eigenvalue weighted by Crippen LogP contribution is 2.25. The van der Waals surface area contributed by atoms with Gasteiger partial charge in [0.05, 0.1) is 39.6 Å². The Morgan fingerprint density at radius 1 is 1.33 bits per heavy atom. The van der Waals surface area contributed by atoms with E-state index in [1.807, 2.05) is 6.07 Å². The van der Waals surface area contributed by atoms with E-state index in [-0.39, 0.29) is 27.0 Å². The number of alkyl halides is 1. The highest BCUT2D eigenvalue weighted by atomic mass is 35.5. The van der Waals surface area contributed by atoms with Crippen LogP contribution in [0.4, 0.5) is 0 Å². The molecule has 1 saturated heterocycles. The van der Waals surface area contributed by atoms with Crippen molar-refractivity contribution in [2.75, 3.05) is 11.5 Å². The van der Waals surface area contributed by atoms with E-state index in [1.54, 1.807) is 0 Å². The molecule has 114 valence electrons. The average molecular weight is 369 g/mol. The predicted molar refractivity (Wildman–Crippen MR) is 78.6 cm³/mol. The van der Waals surface area contributed by atoms with Crippen LogP contribution >= 0.6 is 23.2 Å². The Morgan fingerprint density at radius 2 is 2.00 bits per heavy atom. The van der Waals surface area contributed by atoms with Gasteiger partial charge in [0, 0.05) is 0 Å². The fourth-order valence-electron chi connectivity index (χ4n) is 1.95. The third kappa shape index (κ3) is 3.67. The highest BCUT2D eigenvalue weighted by Gasteiger charge is 2.39. The second-order valence-corrected chi connectivity index (χ2v) is 9.38. The number of halogens is 2. The van der Waals surface area contributed by atoms with E-state index in [4.69, 9.17) is 28.5 Å². The molecule has 0 radical (unpaired) electrons. The van der Waals surface area contributed by atoms with E-state index in [1.165, 1.54) is 12.1 Å². The fraction of sp³-hybridized carbons (Fsp3) is 0.364. The minimum Gasteiger partial charge on any atom is -0.229 e. The van der Waals surface area contributed by atoms with Crippen molar-refractivity contribution in [3.63, 3.8) is 0 Å². The second kappa shape index (κ2) is 5.74. The zero-order valence-corrected chi connectivity index (χ0v) is 13.6. The molecule has 0 bridgehead atoms. The maximum atomic E-state index is 12.3. The number of hydrogen-bond acceptors (Lipinski definition) is 5. The zero-order chi connectivity index (χ0) is 15.8. The molecule has 2 rings (SSSR count). The van der Waals surface area contributed by atoms with Crippen LogP contribution in [0.1, 0.15) is 5.56 Å². The number of sulfone groups is 1. The van der Waals surface area contributed by atoms with E-state index in [2.05, 4.69) is 4.72 Å². The molecule has 0 aromatic heterocycles. The van der Waals surface area contributed by atoms with E-state index >= 15 is 0 Å². The normalized spacial score (nSPS) is 24.6. The molecule has 0 spiro atoms. The SMILES string of the molecule is N#Cc1ccc(Cl)c(S(=O)(=O)NC2CS(=O)(=O)CC2Cl)c1. The molecule has 0 aliphatic carbocycles. The van der Waals surface area contributed by atoms with E-state index in [0.29, 0.717) is 0 Å². The smallest absolute Gasteiger partial charge is 0.229 e. The number of nitrogens with zero attached hydrogens (tertiary/aromatic N) is 1. The lowest BCUT2D eigenvalue weighted by atomic mass is 10.2. The van der Waals surface area contributed by atoms with Crippen LogP contribution in [0, 0.1) is 11.3 Å². The van der Waals surface area contributed by atoms with Crippen LogP contribution in [0.15, 0.2) is 23.1 Å². The van der Waals surface area contributed by atoms with Gasteiger partial charge in [0.1, 0.15) is 4.90 Å². The summed E-state index contributed by atoms with van der Waals surface area (Å²) in [5.74, 6) is -0.649. The van der Waals surface area contributed by atoms with Crippen LogP contribution in [-0.2, 0) is 19.9 Å². The molecule has 1 aliphatic rings. The van der Waals surface area contributed by atoms with Gasteiger partial charge in [-0.05, 0) is 18.2 Å². The number of rotatable bonds is 3. The Labute approximate surface area is 132 Å². The summed E-state index contributed by atoms with van der Waals surface area (Å²) in [4.78, 5) is -0.281. The maximum absolute atomic E-state index is 12.3. The van der Waals surface area contributed by atoms with Crippen molar-refractivity contribution in [3.8, 4) is 6.07 Å². The summed E-state index contributed by atoms with van der Waals surface area (Å²) >= 11 is 11.7. The van der Waals surface area contributed by atoms with Gasteiger partial charge in [-0.1, -0.05) is 11.6 Å². The first kappa shape index (κ1) is 16.5. The van der Waals surface area contributed by atoms with Gasteiger partial charge in [-0.3, -0.25) is 0 Å². The molecular formula is C11H10Cl2N2O4S2. The summed E-state index contributed by atoms with van der Waals surface area (Å²) in [6, 6.07) is 4.68. The van der Waals surface area contributed by atoms with Crippen molar-refractivity contribution >= 4 is 43.1 Å². The van der Waals surface area contributed by atoms with E-state index < -0.39 is 31.3 Å². The molecule has 0 saturated carbocycles. The van der Waals surface area contributed by atoms with Crippen LogP contribution < -0.4 is 4.72 Å². The summed E-state index contributed by atoms with van der Waals surface area (Å²) in [5, 5.41) is 7.90. The van der Waals surface area contributed by atoms with Crippen molar-refractivity contribution in [3.05, 3.63) is 28.8 Å². The Kier molecular flexibility index (Phi) is 4.52. The van der Waals surface area contributed by atoms with Gasteiger partial charge in [0.2, 0.25) is 10.0 Å². The molecule has 1 aromatic carbocycles. The highest BCUT2D eigenvalue weighted by molar-refractivity contribution is 7.92. The molecule has 2 atom stereocenters. The standard InChI is InChI=1S/C11H10Cl2N2O4S2/c12-8-2-1-7(4-14)3-11(8)21(18,19)15-10-6-20(16,17)5-9(10)13/h1-3,9-10,15H,5-6H2. The lowest BCUT2D eigenvalue weighted by molar-refractivity contribution is 0.563. The number of benzene rings is 1. The molecule has 0 amide bonds. The summed E-state index contributed by atoms with van der Waals surface area (Å²) in [6.45, 7) is 0. The molecule has 1 aromatic rings. The fourth-order valence-corrected chi connectivity index (χ4v) is 6.49. The van der Waals surface area contributed by atoms with Crippen LogP contribution in [0.25, 0.3) is 0 Å². The summed E-state index contributed by atoms with van der Waals surface area (Å²) < 4.78 is 49.7. The third-order valence-corrected chi connectivity index (χ3v) is 7.29.